The average Bonchev–Trinajstić information content (AvgIpc) is 3.09. The Balaban J connectivity index is 2.05. The van der Waals surface area contributed by atoms with Gasteiger partial charge in [-0.05, 0) is 71.6 Å². The van der Waals surface area contributed by atoms with Gasteiger partial charge < -0.3 is 34.3 Å². The maximum absolute atomic E-state index is 12.4. The molecular formula is C31H44O9. The topological polar surface area (TPSA) is 132 Å². The van der Waals surface area contributed by atoms with E-state index in [1.807, 2.05) is 19.9 Å². The quantitative estimate of drug-likeness (QED) is 0.196. The number of phenolic OH excluding ortho intramolecular Hbond substituents is 2. The van der Waals surface area contributed by atoms with E-state index in [1.54, 1.807) is 6.92 Å². The second kappa shape index (κ2) is 12.3. The Bertz CT molecular complexity index is 1170. The van der Waals surface area contributed by atoms with Gasteiger partial charge in [0.25, 0.3) is 0 Å². The smallest absolute Gasteiger partial charge is 0.303 e. The minimum atomic E-state index is -2.16. The Morgan fingerprint density at radius 2 is 1.82 bits per heavy atom. The summed E-state index contributed by atoms with van der Waals surface area (Å²) in [5.74, 6) is -3.23. The number of phenols is 2. The van der Waals surface area contributed by atoms with Gasteiger partial charge in [0.2, 0.25) is 5.79 Å². The molecule has 2 aliphatic heterocycles. The highest BCUT2D eigenvalue weighted by Crippen LogP contribution is 2.54. The highest BCUT2D eigenvalue weighted by Gasteiger charge is 2.67. The molecule has 5 atom stereocenters. The van der Waals surface area contributed by atoms with Crippen LogP contribution in [0.25, 0.3) is 0 Å². The monoisotopic (exact) mass is 560 g/mol. The Kier molecular flexibility index (Phi) is 9.75. The van der Waals surface area contributed by atoms with E-state index in [9.17, 15) is 24.9 Å². The SMILES string of the molecule is CC(=O)OCC(O)(C(Cc1cc(O)c(C)cc1O)OC(C)=O)[C@]12CC[C@](C)(C[C@@H](/C=C(\C)CCC=C(C)C)O1)O2. The second-order valence-corrected chi connectivity index (χ2v) is 11.8. The molecule has 2 unspecified atom stereocenters. The molecule has 222 valence electrons. The minimum absolute atomic E-state index is 0.0662. The van der Waals surface area contributed by atoms with Crippen molar-refractivity contribution in [2.24, 2.45) is 0 Å². The van der Waals surface area contributed by atoms with Gasteiger partial charge >= 0.3 is 11.9 Å². The number of ether oxygens (including phenoxy) is 4. The summed E-state index contributed by atoms with van der Waals surface area (Å²) in [7, 11) is 0. The molecule has 2 bridgehead atoms. The van der Waals surface area contributed by atoms with Gasteiger partial charge in [0.1, 0.15) is 24.2 Å². The van der Waals surface area contributed by atoms with E-state index in [4.69, 9.17) is 18.9 Å². The Morgan fingerprint density at radius 1 is 1.12 bits per heavy atom. The summed E-state index contributed by atoms with van der Waals surface area (Å²) in [5, 5.41) is 33.3. The largest absolute Gasteiger partial charge is 0.508 e. The number of allylic oxidation sites excluding steroid dienone is 3. The van der Waals surface area contributed by atoms with E-state index in [0.29, 0.717) is 18.4 Å². The lowest BCUT2D eigenvalue weighted by atomic mass is 9.82. The number of aryl methyl sites for hydroxylation is 1. The maximum atomic E-state index is 12.4. The number of benzene rings is 1. The lowest BCUT2D eigenvalue weighted by Crippen LogP contribution is -2.69. The fourth-order valence-electron chi connectivity index (χ4n) is 5.61. The fraction of sp³-hybridized carbons (Fsp3) is 0.613. The summed E-state index contributed by atoms with van der Waals surface area (Å²) < 4.78 is 24.0. The Labute approximate surface area is 236 Å². The summed E-state index contributed by atoms with van der Waals surface area (Å²) in [6.07, 6.45) is 5.35. The van der Waals surface area contributed by atoms with Crippen molar-refractivity contribution in [3.63, 3.8) is 0 Å². The number of esters is 2. The molecule has 0 amide bonds. The van der Waals surface area contributed by atoms with Crippen LogP contribution in [0.5, 0.6) is 11.5 Å². The molecule has 40 heavy (non-hydrogen) atoms. The molecule has 2 heterocycles. The van der Waals surface area contributed by atoms with Crippen LogP contribution in [0.3, 0.4) is 0 Å². The van der Waals surface area contributed by atoms with Crippen LogP contribution in [0, 0.1) is 6.92 Å². The van der Waals surface area contributed by atoms with Gasteiger partial charge in [0, 0.05) is 38.7 Å². The number of carbonyl (C=O) groups excluding carboxylic acids is 2. The van der Waals surface area contributed by atoms with Crippen molar-refractivity contribution in [3.8, 4) is 11.5 Å². The summed E-state index contributed by atoms with van der Waals surface area (Å²) >= 11 is 0. The predicted molar refractivity (Wildman–Crippen MR) is 149 cm³/mol. The van der Waals surface area contributed by atoms with Crippen LogP contribution < -0.4 is 0 Å². The van der Waals surface area contributed by atoms with Gasteiger partial charge in [-0.3, -0.25) is 9.59 Å². The highest BCUT2D eigenvalue weighted by atomic mass is 16.7. The lowest BCUT2D eigenvalue weighted by molar-refractivity contribution is -0.383. The van der Waals surface area contributed by atoms with Crippen molar-refractivity contribution in [2.45, 2.75) is 116 Å². The molecule has 0 saturated carbocycles. The third kappa shape index (κ3) is 7.25. The van der Waals surface area contributed by atoms with Gasteiger partial charge in [-0.2, -0.15) is 0 Å². The Morgan fingerprint density at radius 3 is 2.45 bits per heavy atom. The van der Waals surface area contributed by atoms with Crippen molar-refractivity contribution in [3.05, 3.63) is 46.6 Å². The lowest BCUT2D eigenvalue weighted by Gasteiger charge is -2.51. The first-order valence-corrected chi connectivity index (χ1v) is 13.8. The van der Waals surface area contributed by atoms with Crippen LogP contribution in [0.4, 0.5) is 0 Å². The third-order valence-electron chi connectivity index (χ3n) is 7.73. The molecule has 9 nitrogen and oxygen atoms in total. The molecule has 9 heteroatoms. The first-order chi connectivity index (χ1) is 18.6. The number of fused-ring (bicyclic) bond motifs is 2. The molecule has 2 aliphatic rings. The van der Waals surface area contributed by atoms with Crippen molar-refractivity contribution in [1.82, 2.24) is 0 Å². The van der Waals surface area contributed by atoms with E-state index >= 15 is 0 Å². The first kappa shape index (κ1) is 31.6. The zero-order chi connectivity index (χ0) is 29.9. The molecular weight excluding hydrogens is 516 g/mol. The van der Waals surface area contributed by atoms with E-state index < -0.39 is 47.7 Å². The average molecular weight is 561 g/mol. The zero-order valence-electron chi connectivity index (χ0n) is 24.7. The number of hydrogen-bond acceptors (Lipinski definition) is 9. The molecule has 0 spiro atoms. The standard InChI is InChI=1S/C31H44O9/c1-19(2)9-8-10-20(3)13-25-17-29(7)11-12-31(39-25,40-29)30(36,18-37-22(5)32)28(38-23(6)33)16-24-15-26(34)21(4)14-27(24)35/h9,13-15,25,28,34-36H,8,10-12,16-18H2,1-7H3/b20-13+/t25-,28?,29-,30?,31-/m1/s1. The molecule has 0 radical (unpaired) electrons. The predicted octanol–water partition coefficient (Wildman–Crippen LogP) is 4.92. The third-order valence-corrected chi connectivity index (χ3v) is 7.73. The van der Waals surface area contributed by atoms with Crippen LogP contribution >= 0.6 is 0 Å². The first-order valence-electron chi connectivity index (χ1n) is 13.8. The van der Waals surface area contributed by atoms with Crippen LogP contribution in [0.15, 0.2) is 35.4 Å². The van der Waals surface area contributed by atoms with E-state index in [2.05, 4.69) is 19.9 Å². The Hall–Kier alpha value is -2.88. The van der Waals surface area contributed by atoms with Crippen molar-refractivity contribution in [2.75, 3.05) is 6.61 Å². The van der Waals surface area contributed by atoms with Crippen molar-refractivity contribution in [1.29, 1.82) is 0 Å². The van der Waals surface area contributed by atoms with Crippen LogP contribution in [0.1, 0.15) is 84.8 Å². The van der Waals surface area contributed by atoms with Gasteiger partial charge in [0.05, 0.1) is 11.7 Å². The number of rotatable bonds is 11. The van der Waals surface area contributed by atoms with Gasteiger partial charge in [0.15, 0.2) is 5.60 Å². The maximum Gasteiger partial charge on any atom is 0.303 e. The van der Waals surface area contributed by atoms with Crippen LogP contribution in [-0.2, 0) is 35.0 Å². The van der Waals surface area contributed by atoms with E-state index in [1.165, 1.54) is 31.6 Å². The van der Waals surface area contributed by atoms with E-state index in [-0.39, 0.29) is 29.9 Å². The summed E-state index contributed by atoms with van der Waals surface area (Å²) in [6.45, 7) is 11.6. The van der Waals surface area contributed by atoms with Crippen molar-refractivity contribution < 1.29 is 43.9 Å². The van der Waals surface area contributed by atoms with Crippen LogP contribution in [-0.4, -0.2) is 63.1 Å². The molecule has 3 rings (SSSR count). The van der Waals surface area contributed by atoms with Gasteiger partial charge in [-0.15, -0.1) is 0 Å². The molecule has 0 aromatic heterocycles. The molecule has 3 N–H and O–H groups in total. The molecule has 1 aromatic carbocycles. The summed E-state index contributed by atoms with van der Waals surface area (Å²) in [4.78, 5) is 24.2. The molecule has 2 fully saturated rings. The number of carbonyl (C=O) groups is 2. The fourth-order valence-corrected chi connectivity index (χ4v) is 5.61. The van der Waals surface area contributed by atoms with E-state index in [0.717, 1.165) is 18.4 Å². The minimum Gasteiger partial charge on any atom is -0.508 e. The normalized spacial score (nSPS) is 26.5. The highest BCUT2D eigenvalue weighted by molar-refractivity contribution is 5.67. The number of aromatic hydroxyl groups is 2. The number of aliphatic hydroxyl groups is 1. The number of hydrogen-bond donors (Lipinski definition) is 3. The zero-order valence-corrected chi connectivity index (χ0v) is 24.7. The van der Waals surface area contributed by atoms with Gasteiger partial charge in [-0.25, -0.2) is 0 Å². The molecule has 0 aliphatic carbocycles. The second-order valence-electron chi connectivity index (χ2n) is 11.8. The summed E-state index contributed by atoms with van der Waals surface area (Å²) in [5.41, 5.74) is 0.267. The van der Waals surface area contributed by atoms with Crippen molar-refractivity contribution >= 4 is 11.9 Å². The van der Waals surface area contributed by atoms with Crippen LogP contribution in [0.2, 0.25) is 0 Å². The molecule has 1 aromatic rings. The summed E-state index contributed by atoms with van der Waals surface area (Å²) in [6, 6.07) is 2.74. The van der Waals surface area contributed by atoms with Gasteiger partial charge in [-0.1, -0.05) is 23.3 Å². The molecule has 2 saturated heterocycles.